The zero-order valence-electron chi connectivity index (χ0n) is 21.0. The van der Waals surface area contributed by atoms with Crippen molar-refractivity contribution in [1.82, 2.24) is 5.32 Å². The van der Waals surface area contributed by atoms with Crippen molar-refractivity contribution in [1.29, 1.82) is 0 Å². The van der Waals surface area contributed by atoms with Gasteiger partial charge in [-0.2, -0.15) is 0 Å². The van der Waals surface area contributed by atoms with E-state index in [1.54, 1.807) is 42.5 Å². The van der Waals surface area contributed by atoms with Gasteiger partial charge in [-0.3, -0.25) is 14.4 Å². The van der Waals surface area contributed by atoms with Crippen molar-refractivity contribution in [2.45, 2.75) is 18.7 Å². The molecule has 0 aliphatic carbocycles. The van der Waals surface area contributed by atoms with Gasteiger partial charge in [-0.15, -0.1) is 23.1 Å². The molecule has 0 aliphatic rings. The molecule has 1 aromatic heterocycles. The van der Waals surface area contributed by atoms with E-state index in [1.807, 2.05) is 61.7 Å². The Balaban J connectivity index is 1.36. The summed E-state index contributed by atoms with van der Waals surface area (Å²) in [5.74, 6) is -0.627. The third-order valence-electron chi connectivity index (χ3n) is 5.35. The molecule has 0 saturated heterocycles. The van der Waals surface area contributed by atoms with Crippen LogP contribution in [0, 0.1) is 13.8 Å². The lowest BCUT2D eigenvalue weighted by Gasteiger charge is -2.11. The molecule has 0 atom stereocenters. The molecule has 4 rings (SSSR count). The zero-order chi connectivity index (χ0) is 26.9. The molecular formula is C30H27N3O3S2. The van der Waals surface area contributed by atoms with E-state index in [0.717, 1.165) is 26.6 Å². The molecule has 3 aromatic carbocycles. The van der Waals surface area contributed by atoms with Gasteiger partial charge in [-0.1, -0.05) is 30.3 Å². The summed E-state index contributed by atoms with van der Waals surface area (Å²) in [6.07, 6.45) is 1.65. The maximum Gasteiger partial charge on any atom is 0.272 e. The van der Waals surface area contributed by atoms with E-state index in [4.69, 9.17) is 0 Å². The van der Waals surface area contributed by atoms with Crippen molar-refractivity contribution in [3.63, 3.8) is 0 Å². The zero-order valence-corrected chi connectivity index (χ0v) is 22.6. The monoisotopic (exact) mass is 541 g/mol. The summed E-state index contributed by atoms with van der Waals surface area (Å²) in [7, 11) is 0. The highest BCUT2D eigenvalue weighted by Gasteiger charge is 2.15. The summed E-state index contributed by atoms with van der Waals surface area (Å²) in [5, 5.41) is 10.4. The standard InChI is InChI=1S/C30H27N3O3S2/c1-20-15-21(2)17-24(16-20)31-28(34)19-38-25-12-10-23(11-13-25)32-30(36)27(18-26-9-6-14-37-26)33-29(35)22-7-4-3-5-8-22/h3-18H,19H2,1-2H3,(H,31,34)(H,32,36)(H,33,35)/b27-18-. The molecule has 0 bridgehead atoms. The third kappa shape index (κ3) is 7.93. The number of anilines is 2. The first-order valence-electron chi connectivity index (χ1n) is 11.9. The van der Waals surface area contributed by atoms with E-state index in [9.17, 15) is 14.4 Å². The number of benzene rings is 3. The highest BCUT2D eigenvalue weighted by atomic mass is 32.2. The number of carbonyl (C=O) groups excluding carboxylic acids is 3. The van der Waals surface area contributed by atoms with Gasteiger partial charge in [0.25, 0.3) is 11.8 Å². The molecule has 0 radical (unpaired) electrons. The first-order valence-corrected chi connectivity index (χ1v) is 13.8. The van der Waals surface area contributed by atoms with Crippen LogP contribution in [0.1, 0.15) is 26.4 Å². The fourth-order valence-corrected chi connectivity index (χ4v) is 5.04. The quantitative estimate of drug-likeness (QED) is 0.167. The normalized spacial score (nSPS) is 11.1. The molecule has 0 unspecified atom stereocenters. The summed E-state index contributed by atoms with van der Waals surface area (Å²) in [6.45, 7) is 3.99. The van der Waals surface area contributed by atoms with Gasteiger partial charge in [0.2, 0.25) is 5.91 Å². The summed E-state index contributed by atoms with van der Waals surface area (Å²) in [4.78, 5) is 39.9. The van der Waals surface area contributed by atoms with E-state index in [-0.39, 0.29) is 23.3 Å². The van der Waals surface area contributed by atoms with Crippen molar-refractivity contribution < 1.29 is 14.4 Å². The largest absolute Gasteiger partial charge is 0.325 e. The molecule has 0 aliphatic heterocycles. The minimum absolute atomic E-state index is 0.0881. The minimum atomic E-state index is -0.434. The fraction of sp³-hybridized carbons (Fsp3) is 0.100. The summed E-state index contributed by atoms with van der Waals surface area (Å²) in [5.41, 5.74) is 4.15. The molecule has 8 heteroatoms. The Morgan fingerprint density at radius 2 is 1.53 bits per heavy atom. The second-order valence-corrected chi connectivity index (χ2v) is 10.6. The Kier molecular flexibility index (Phi) is 9.13. The van der Waals surface area contributed by atoms with Crippen LogP contribution in [0.15, 0.2) is 101 Å². The maximum atomic E-state index is 13.1. The van der Waals surface area contributed by atoms with E-state index in [1.165, 1.54) is 23.1 Å². The van der Waals surface area contributed by atoms with Gasteiger partial charge in [0.05, 0.1) is 5.75 Å². The number of rotatable bonds is 9. The Morgan fingerprint density at radius 1 is 0.816 bits per heavy atom. The highest BCUT2D eigenvalue weighted by molar-refractivity contribution is 8.00. The highest BCUT2D eigenvalue weighted by Crippen LogP contribution is 2.22. The Hall–Kier alpha value is -4.14. The van der Waals surface area contributed by atoms with Gasteiger partial charge >= 0.3 is 0 Å². The second-order valence-electron chi connectivity index (χ2n) is 8.59. The van der Waals surface area contributed by atoms with Crippen LogP contribution >= 0.6 is 23.1 Å². The molecule has 4 aromatic rings. The number of thioether (sulfide) groups is 1. The minimum Gasteiger partial charge on any atom is -0.325 e. The van der Waals surface area contributed by atoms with Gasteiger partial charge in [0.1, 0.15) is 5.70 Å². The Labute approximate surface area is 230 Å². The van der Waals surface area contributed by atoms with Crippen LogP contribution in [0.25, 0.3) is 6.08 Å². The lowest BCUT2D eigenvalue weighted by Crippen LogP contribution is -2.30. The van der Waals surface area contributed by atoms with E-state index < -0.39 is 5.91 Å². The molecule has 0 fully saturated rings. The van der Waals surface area contributed by atoms with Gasteiger partial charge in [-0.25, -0.2) is 0 Å². The number of hydrogen-bond acceptors (Lipinski definition) is 5. The SMILES string of the molecule is Cc1cc(C)cc(NC(=O)CSc2ccc(NC(=O)/C(=C/c3cccs3)NC(=O)c3ccccc3)cc2)c1. The smallest absolute Gasteiger partial charge is 0.272 e. The van der Waals surface area contributed by atoms with Crippen molar-refractivity contribution in [2.75, 3.05) is 16.4 Å². The first-order chi connectivity index (χ1) is 18.4. The predicted octanol–water partition coefficient (Wildman–Crippen LogP) is 6.51. The average molecular weight is 542 g/mol. The number of hydrogen-bond donors (Lipinski definition) is 3. The summed E-state index contributed by atoms with van der Waals surface area (Å²) < 4.78 is 0. The van der Waals surface area contributed by atoms with Crippen LogP contribution in [0.5, 0.6) is 0 Å². The number of amides is 3. The first kappa shape index (κ1) is 26.9. The van der Waals surface area contributed by atoms with Gasteiger partial charge < -0.3 is 16.0 Å². The van der Waals surface area contributed by atoms with Gasteiger partial charge in [0, 0.05) is 26.7 Å². The number of thiophene rings is 1. The Bertz CT molecular complexity index is 1430. The van der Waals surface area contributed by atoms with Gasteiger partial charge in [-0.05, 0) is 91.0 Å². The molecule has 1 heterocycles. The number of nitrogens with one attached hydrogen (secondary N) is 3. The average Bonchev–Trinajstić information content (AvgIpc) is 3.41. The number of aryl methyl sites for hydroxylation is 2. The molecule has 3 N–H and O–H groups in total. The van der Waals surface area contributed by atoms with E-state index in [0.29, 0.717) is 11.3 Å². The maximum absolute atomic E-state index is 13.1. The predicted molar refractivity (Wildman–Crippen MR) is 157 cm³/mol. The molecular weight excluding hydrogens is 514 g/mol. The third-order valence-corrected chi connectivity index (χ3v) is 7.18. The summed E-state index contributed by atoms with van der Waals surface area (Å²) in [6, 6.07) is 25.6. The molecule has 0 spiro atoms. The molecule has 192 valence electrons. The summed E-state index contributed by atoms with van der Waals surface area (Å²) >= 11 is 2.87. The molecule has 3 amide bonds. The van der Waals surface area contributed by atoms with E-state index in [2.05, 4.69) is 22.0 Å². The van der Waals surface area contributed by atoms with Crippen LogP contribution in [-0.2, 0) is 9.59 Å². The topological polar surface area (TPSA) is 87.3 Å². The van der Waals surface area contributed by atoms with Crippen molar-refractivity contribution in [3.05, 3.63) is 118 Å². The van der Waals surface area contributed by atoms with Crippen LogP contribution < -0.4 is 16.0 Å². The Morgan fingerprint density at radius 3 is 2.18 bits per heavy atom. The molecule has 38 heavy (non-hydrogen) atoms. The number of carbonyl (C=O) groups is 3. The lowest BCUT2D eigenvalue weighted by atomic mass is 10.1. The van der Waals surface area contributed by atoms with Crippen LogP contribution in [0.4, 0.5) is 11.4 Å². The lowest BCUT2D eigenvalue weighted by molar-refractivity contribution is -0.114. The van der Waals surface area contributed by atoms with Crippen LogP contribution in [0.3, 0.4) is 0 Å². The van der Waals surface area contributed by atoms with Gasteiger partial charge in [0.15, 0.2) is 0 Å². The fourth-order valence-electron chi connectivity index (χ4n) is 3.68. The molecule has 6 nitrogen and oxygen atoms in total. The van der Waals surface area contributed by atoms with E-state index >= 15 is 0 Å². The second kappa shape index (κ2) is 12.9. The molecule has 0 saturated carbocycles. The van der Waals surface area contributed by atoms with Crippen molar-refractivity contribution in [2.24, 2.45) is 0 Å². The van der Waals surface area contributed by atoms with Crippen LogP contribution in [-0.4, -0.2) is 23.5 Å². The van der Waals surface area contributed by atoms with Crippen molar-refractivity contribution in [3.8, 4) is 0 Å². The van der Waals surface area contributed by atoms with Crippen LogP contribution in [0.2, 0.25) is 0 Å². The van der Waals surface area contributed by atoms with Crippen molar-refractivity contribution >= 4 is 58.3 Å².